The predicted molar refractivity (Wildman–Crippen MR) is 64.5 cm³/mol. The normalized spacial score (nSPS) is 22.7. The molecule has 1 aromatic rings. The zero-order valence-corrected chi connectivity index (χ0v) is 8.69. The minimum atomic E-state index is 0.620. The predicted octanol–water partition coefficient (Wildman–Crippen LogP) is 3.76. The molecule has 0 aromatic heterocycles. The van der Waals surface area contributed by atoms with Crippen LogP contribution in [-0.2, 0) is 6.42 Å². The highest BCUT2D eigenvalue weighted by atomic mass is 14.2. The highest BCUT2D eigenvalue weighted by molar-refractivity contribution is 5.74. The highest BCUT2D eigenvalue weighted by Gasteiger charge is 2.21. The van der Waals surface area contributed by atoms with Gasteiger partial charge < -0.3 is 0 Å². The Balaban J connectivity index is 2.15. The molecule has 1 aromatic carbocycles. The van der Waals surface area contributed by atoms with Crippen LogP contribution in [-0.4, -0.2) is 0 Å². The molecular weight excluding hydrogens is 180 g/mol. The van der Waals surface area contributed by atoms with Crippen LogP contribution in [0, 0.1) is 5.92 Å². The number of hydrogen-bond donors (Lipinski definition) is 0. The average Bonchev–Trinajstić information content (AvgIpc) is 2.54. The van der Waals surface area contributed by atoms with Crippen molar-refractivity contribution in [3.8, 4) is 0 Å². The van der Waals surface area contributed by atoms with Crippen LogP contribution in [0.2, 0.25) is 0 Å². The molecule has 0 aliphatic heterocycles. The van der Waals surface area contributed by atoms with E-state index >= 15 is 0 Å². The summed E-state index contributed by atoms with van der Waals surface area (Å²) >= 11 is 0. The van der Waals surface area contributed by atoms with E-state index < -0.39 is 0 Å². The molecule has 0 amide bonds. The van der Waals surface area contributed by atoms with Crippen molar-refractivity contribution in [1.82, 2.24) is 0 Å². The topological polar surface area (TPSA) is 0 Å². The van der Waals surface area contributed by atoms with E-state index in [1.807, 2.05) is 0 Å². The lowest BCUT2D eigenvalue weighted by Gasteiger charge is -2.25. The Labute approximate surface area is 90.6 Å². The number of benzene rings is 1. The molecule has 1 unspecified atom stereocenters. The second kappa shape index (κ2) is 3.54. The molecule has 0 fully saturated rings. The maximum absolute atomic E-state index is 2.32. The lowest BCUT2D eigenvalue weighted by atomic mass is 9.79. The van der Waals surface area contributed by atoms with Gasteiger partial charge in [-0.15, -0.1) is 0 Å². The first-order valence-electron chi connectivity index (χ1n) is 5.58. The van der Waals surface area contributed by atoms with Crippen LogP contribution in [0.3, 0.4) is 0 Å². The quantitative estimate of drug-likeness (QED) is 0.590. The van der Waals surface area contributed by atoms with E-state index in [0.717, 1.165) is 0 Å². The van der Waals surface area contributed by atoms with E-state index in [2.05, 4.69) is 54.6 Å². The number of allylic oxidation sites excluding steroid dienone is 6. The minimum Gasteiger partial charge on any atom is -0.0770 e. The zero-order valence-electron chi connectivity index (χ0n) is 8.69. The van der Waals surface area contributed by atoms with Gasteiger partial charge in [0.05, 0.1) is 0 Å². The minimum absolute atomic E-state index is 0.620. The van der Waals surface area contributed by atoms with Gasteiger partial charge >= 0.3 is 0 Å². The van der Waals surface area contributed by atoms with Crippen LogP contribution in [0.1, 0.15) is 17.5 Å². The molecule has 15 heavy (non-hydrogen) atoms. The van der Waals surface area contributed by atoms with Crippen LogP contribution in [0.15, 0.2) is 54.6 Å². The summed E-state index contributed by atoms with van der Waals surface area (Å²) in [5, 5.41) is 0. The largest absolute Gasteiger partial charge is 0.0770 e. The highest BCUT2D eigenvalue weighted by Crippen LogP contribution is 2.36. The molecule has 2 aliphatic rings. The van der Waals surface area contributed by atoms with Crippen molar-refractivity contribution in [1.29, 1.82) is 0 Å². The van der Waals surface area contributed by atoms with Gasteiger partial charge in [0, 0.05) is 5.92 Å². The Kier molecular flexibility index (Phi) is 2.06. The molecule has 0 saturated heterocycles. The van der Waals surface area contributed by atoms with Gasteiger partial charge in [-0.2, -0.15) is 0 Å². The van der Waals surface area contributed by atoms with Gasteiger partial charge in [0.1, 0.15) is 0 Å². The average molecular weight is 194 g/mol. The van der Waals surface area contributed by atoms with E-state index in [1.54, 1.807) is 0 Å². The van der Waals surface area contributed by atoms with E-state index in [-0.39, 0.29) is 0 Å². The second-order valence-electron chi connectivity index (χ2n) is 4.19. The van der Waals surface area contributed by atoms with E-state index in [1.165, 1.54) is 29.5 Å². The number of fused-ring (bicyclic) bond motifs is 3. The van der Waals surface area contributed by atoms with Crippen molar-refractivity contribution in [2.45, 2.75) is 12.8 Å². The van der Waals surface area contributed by atoms with Gasteiger partial charge in [0.25, 0.3) is 0 Å². The van der Waals surface area contributed by atoms with Gasteiger partial charge in [-0.25, -0.2) is 0 Å². The Hall–Kier alpha value is -1.56. The summed E-state index contributed by atoms with van der Waals surface area (Å²) in [6.45, 7) is 0. The van der Waals surface area contributed by atoms with Crippen molar-refractivity contribution in [2.24, 2.45) is 5.92 Å². The summed E-state index contributed by atoms with van der Waals surface area (Å²) in [6, 6.07) is 8.79. The number of rotatable bonds is 0. The number of aryl methyl sites for hydroxylation is 1. The van der Waals surface area contributed by atoms with Crippen molar-refractivity contribution in [3.05, 3.63) is 65.8 Å². The molecule has 0 nitrogen and oxygen atoms in total. The second-order valence-corrected chi connectivity index (χ2v) is 4.19. The molecule has 0 radical (unpaired) electrons. The van der Waals surface area contributed by atoms with Gasteiger partial charge in [-0.1, -0.05) is 54.6 Å². The van der Waals surface area contributed by atoms with Crippen molar-refractivity contribution >= 4 is 5.57 Å². The lowest BCUT2D eigenvalue weighted by molar-refractivity contribution is 0.699. The molecule has 0 heteroatoms. The Morgan fingerprint density at radius 2 is 1.93 bits per heavy atom. The van der Waals surface area contributed by atoms with Crippen LogP contribution in [0.4, 0.5) is 0 Å². The summed E-state index contributed by atoms with van der Waals surface area (Å²) in [5.74, 6) is 0.620. The fourth-order valence-electron chi connectivity index (χ4n) is 2.52. The Morgan fingerprint density at radius 3 is 2.93 bits per heavy atom. The SMILES string of the molecule is C1=CC=C2c3ccccc3CCC2C=C1. The van der Waals surface area contributed by atoms with Crippen LogP contribution < -0.4 is 0 Å². The Bertz CT molecular complexity index is 461. The van der Waals surface area contributed by atoms with Crippen LogP contribution in [0.25, 0.3) is 5.57 Å². The van der Waals surface area contributed by atoms with Gasteiger partial charge in [-0.3, -0.25) is 0 Å². The molecule has 0 bridgehead atoms. The lowest BCUT2D eigenvalue weighted by Crippen LogP contribution is -2.10. The third-order valence-electron chi connectivity index (χ3n) is 3.29. The van der Waals surface area contributed by atoms with Gasteiger partial charge in [-0.05, 0) is 29.5 Å². The van der Waals surface area contributed by atoms with Crippen LogP contribution in [0.5, 0.6) is 0 Å². The van der Waals surface area contributed by atoms with E-state index in [0.29, 0.717) is 5.92 Å². The third-order valence-corrected chi connectivity index (χ3v) is 3.29. The molecule has 3 rings (SSSR count). The first-order chi connectivity index (χ1) is 7.45. The Morgan fingerprint density at radius 1 is 1.00 bits per heavy atom. The summed E-state index contributed by atoms with van der Waals surface area (Å²) in [6.07, 6.45) is 13.5. The summed E-state index contributed by atoms with van der Waals surface area (Å²) in [5.41, 5.74) is 4.44. The van der Waals surface area contributed by atoms with Gasteiger partial charge in [0.15, 0.2) is 0 Å². The van der Waals surface area contributed by atoms with Crippen molar-refractivity contribution in [2.75, 3.05) is 0 Å². The first-order valence-corrected chi connectivity index (χ1v) is 5.58. The first kappa shape index (κ1) is 8.72. The smallest absolute Gasteiger partial charge is 0.00302 e. The summed E-state index contributed by atoms with van der Waals surface area (Å²) < 4.78 is 0. The van der Waals surface area contributed by atoms with Crippen LogP contribution >= 0.6 is 0 Å². The summed E-state index contributed by atoms with van der Waals surface area (Å²) in [4.78, 5) is 0. The molecule has 0 N–H and O–H groups in total. The van der Waals surface area contributed by atoms with Crippen molar-refractivity contribution < 1.29 is 0 Å². The van der Waals surface area contributed by atoms with E-state index in [4.69, 9.17) is 0 Å². The molecule has 1 atom stereocenters. The van der Waals surface area contributed by atoms with E-state index in [9.17, 15) is 0 Å². The zero-order chi connectivity index (χ0) is 10.1. The molecule has 74 valence electrons. The molecule has 0 heterocycles. The fourth-order valence-corrected chi connectivity index (χ4v) is 2.52. The maximum atomic E-state index is 2.32. The third kappa shape index (κ3) is 1.46. The molecule has 0 saturated carbocycles. The monoisotopic (exact) mass is 194 g/mol. The maximum Gasteiger partial charge on any atom is 0.00302 e. The molecular formula is C15H14. The number of hydrogen-bond acceptors (Lipinski definition) is 0. The van der Waals surface area contributed by atoms with Crippen molar-refractivity contribution in [3.63, 3.8) is 0 Å². The van der Waals surface area contributed by atoms with Gasteiger partial charge in [0.2, 0.25) is 0 Å². The fraction of sp³-hybridized carbons (Fsp3) is 0.200. The molecule has 0 spiro atoms. The molecule has 2 aliphatic carbocycles. The summed E-state index contributed by atoms with van der Waals surface area (Å²) in [7, 11) is 0. The standard InChI is InChI=1S/C15H14/c1-2-6-12-10-11-13-7-4-5-9-15(13)14(12)8-3-1/h1-9,12H,10-11H2.